The van der Waals surface area contributed by atoms with Gasteiger partial charge in [-0.3, -0.25) is 0 Å². The van der Waals surface area contributed by atoms with Crippen LogP contribution in [0.1, 0.15) is 45.1 Å². The number of para-hydroxylation sites is 1. The summed E-state index contributed by atoms with van der Waals surface area (Å²) in [6.07, 6.45) is 4.79. The lowest BCUT2D eigenvalue weighted by molar-refractivity contribution is 0.195. The van der Waals surface area contributed by atoms with Crippen LogP contribution in [0.3, 0.4) is 0 Å². The largest absolute Gasteiger partial charge is 0.334 e. The molecule has 0 amide bonds. The zero-order chi connectivity index (χ0) is 42.2. The molecule has 2 unspecified atom stereocenters. The lowest BCUT2D eigenvalue weighted by Gasteiger charge is -2.52. The summed E-state index contributed by atoms with van der Waals surface area (Å²) >= 11 is 0. The predicted octanol–water partition coefficient (Wildman–Crippen LogP) is 12.0. The summed E-state index contributed by atoms with van der Waals surface area (Å²) in [6, 6.07) is 69.2. The summed E-state index contributed by atoms with van der Waals surface area (Å²) < 4.78 is 0. The van der Waals surface area contributed by atoms with Crippen molar-refractivity contribution in [1.82, 2.24) is 0 Å². The Morgan fingerprint density at radius 3 is 1.54 bits per heavy atom. The minimum absolute atomic E-state index is 0.0207. The van der Waals surface area contributed by atoms with Gasteiger partial charge in [-0.2, -0.15) is 0 Å². The van der Waals surface area contributed by atoms with Gasteiger partial charge in [-0.25, -0.2) is 0 Å². The van der Waals surface area contributed by atoms with Gasteiger partial charge in [0, 0.05) is 50.9 Å². The van der Waals surface area contributed by atoms with Crippen molar-refractivity contribution in [2.75, 3.05) is 14.7 Å². The normalized spacial score (nSPS) is 20.6. The summed E-state index contributed by atoms with van der Waals surface area (Å²) in [7, 11) is -2.13. The van der Waals surface area contributed by atoms with E-state index in [2.05, 4.69) is 224 Å². The van der Waals surface area contributed by atoms with Crippen molar-refractivity contribution < 1.29 is 0 Å². The molecule has 1 aliphatic carbocycles. The first kappa shape index (κ1) is 37.0. The zero-order valence-corrected chi connectivity index (χ0v) is 37.6. The van der Waals surface area contributed by atoms with E-state index in [9.17, 15) is 0 Å². The molecule has 1 saturated carbocycles. The van der Waals surface area contributed by atoms with Crippen LogP contribution in [0.4, 0.5) is 45.5 Å². The van der Waals surface area contributed by atoms with Gasteiger partial charge in [-0.1, -0.05) is 165 Å². The first-order valence-electron chi connectivity index (χ1n) is 23.0. The Bertz CT molecular complexity index is 3150. The maximum absolute atomic E-state index is 2.79. The molecule has 0 N–H and O–H groups in total. The van der Waals surface area contributed by atoms with Gasteiger partial charge in [0.05, 0.1) is 5.54 Å². The van der Waals surface area contributed by atoms with E-state index < -0.39 is 8.07 Å². The van der Waals surface area contributed by atoms with Gasteiger partial charge in [0.2, 0.25) is 0 Å². The minimum Gasteiger partial charge on any atom is -0.334 e. The second kappa shape index (κ2) is 13.2. The summed E-state index contributed by atoms with van der Waals surface area (Å²) in [5.41, 5.74) is 21.0. The molecule has 1 fully saturated rings. The first-order chi connectivity index (χ1) is 30.8. The Kier molecular flexibility index (Phi) is 7.78. The van der Waals surface area contributed by atoms with Crippen molar-refractivity contribution in [3.63, 3.8) is 0 Å². The first-order valence-corrected chi connectivity index (χ1v) is 26.0. The molecule has 304 valence electrons. The van der Waals surface area contributed by atoms with Crippen LogP contribution in [0.2, 0.25) is 13.1 Å². The highest BCUT2D eigenvalue weighted by Gasteiger charge is 2.59. The van der Waals surface area contributed by atoms with E-state index in [1.807, 2.05) is 0 Å². The molecule has 4 heterocycles. The van der Waals surface area contributed by atoms with Gasteiger partial charge in [-0.15, -0.1) is 0 Å². The molecule has 0 aromatic heterocycles. The molecule has 63 heavy (non-hydrogen) atoms. The van der Waals surface area contributed by atoms with E-state index in [-0.39, 0.29) is 17.7 Å². The highest BCUT2D eigenvalue weighted by atomic mass is 28.3. The molecule has 0 radical (unpaired) electrons. The monoisotopic (exact) mass is 827 g/mol. The lowest BCUT2D eigenvalue weighted by atomic mass is 9.33. The molecule has 2 atom stereocenters. The van der Waals surface area contributed by atoms with E-state index in [0.29, 0.717) is 0 Å². The molecule has 5 heteroatoms. The minimum atomic E-state index is -2.13. The number of hydrogen-bond donors (Lipinski definition) is 0. The summed E-state index contributed by atoms with van der Waals surface area (Å²) in [5.74, 6) is 0. The molecule has 8 aromatic rings. The van der Waals surface area contributed by atoms with Gasteiger partial charge >= 0.3 is 0 Å². The van der Waals surface area contributed by atoms with Gasteiger partial charge in [-0.05, 0) is 125 Å². The highest BCUT2D eigenvalue weighted by molar-refractivity contribution is 7.16. The van der Waals surface area contributed by atoms with E-state index >= 15 is 0 Å². The van der Waals surface area contributed by atoms with Crippen molar-refractivity contribution in [2.45, 2.75) is 63.6 Å². The molecule has 4 aliphatic heterocycles. The number of anilines is 8. The van der Waals surface area contributed by atoms with Gasteiger partial charge < -0.3 is 14.7 Å². The number of nitrogens with zero attached hydrogens (tertiary/aromatic N) is 3. The Balaban J connectivity index is 1.11. The molecular weight excluding hydrogens is 778 g/mol. The third-order valence-electron chi connectivity index (χ3n) is 16.2. The quantitative estimate of drug-likeness (QED) is 0.160. The number of hydrogen-bond acceptors (Lipinski definition) is 3. The smallest absolute Gasteiger partial charge is 0.251 e. The third-order valence-corrected chi connectivity index (χ3v) is 19.7. The molecule has 3 nitrogen and oxygen atoms in total. The molecule has 0 spiro atoms. The molecule has 8 aromatic carbocycles. The van der Waals surface area contributed by atoms with Gasteiger partial charge in [0.15, 0.2) is 0 Å². The standard InChI is InChI=1S/C58H50BN3Si/c1-57-34-14-15-35-58(57,2)62(47-33-30-42(36-46(47)57)40-20-10-6-11-21-40)45-37-50-54-51(38-45)61(44-31-28-41(29-32-44)39-18-8-5-9-19-39)49-25-17-27-53-56(49)59(54)55-48(24-16-26-52(55)63(53,3)4)60(50)43-22-12-7-13-23-43/h5-13,16-33,36-38H,14-15,34-35H2,1-4H3. The topological polar surface area (TPSA) is 9.72 Å². The Hall–Kier alpha value is -6.56. The van der Waals surface area contributed by atoms with Crippen LogP contribution in [0.15, 0.2) is 182 Å². The molecule has 0 saturated heterocycles. The van der Waals surface area contributed by atoms with Gasteiger partial charge in [0.1, 0.15) is 8.07 Å². The van der Waals surface area contributed by atoms with Gasteiger partial charge in [0.25, 0.3) is 6.71 Å². The van der Waals surface area contributed by atoms with E-state index in [0.717, 1.165) is 6.42 Å². The summed E-state index contributed by atoms with van der Waals surface area (Å²) in [4.78, 5) is 8.05. The fourth-order valence-corrected chi connectivity index (χ4v) is 16.2. The number of benzene rings is 8. The maximum atomic E-state index is 2.79. The predicted molar refractivity (Wildman–Crippen MR) is 271 cm³/mol. The fourth-order valence-electron chi connectivity index (χ4n) is 13.0. The fraction of sp³-hybridized carbons (Fsp3) is 0.172. The summed E-state index contributed by atoms with van der Waals surface area (Å²) in [5, 5.41) is 3.12. The Morgan fingerprint density at radius 1 is 0.429 bits per heavy atom. The zero-order valence-electron chi connectivity index (χ0n) is 36.6. The summed E-state index contributed by atoms with van der Waals surface area (Å²) in [6.45, 7) is 10.4. The molecule has 0 bridgehead atoms. The molecule has 5 aliphatic rings. The van der Waals surface area contributed by atoms with Crippen LogP contribution in [-0.4, -0.2) is 20.3 Å². The Labute approximate surface area is 373 Å². The van der Waals surface area contributed by atoms with Crippen LogP contribution >= 0.6 is 0 Å². The second-order valence-corrected chi connectivity index (χ2v) is 23.9. The van der Waals surface area contributed by atoms with E-state index in [1.165, 1.54) is 109 Å². The maximum Gasteiger partial charge on any atom is 0.251 e. The second-order valence-electron chi connectivity index (χ2n) is 19.6. The van der Waals surface area contributed by atoms with Crippen LogP contribution in [0.5, 0.6) is 0 Å². The number of rotatable bonds is 5. The van der Waals surface area contributed by atoms with E-state index in [4.69, 9.17) is 0 Å². The molecule has 13 rings (SSSR count). The van der Waals surface area contributed by atoms with Crippen molar-refractivity contribution in [1.29, 1.82) is 0 Å². The van der Waals surface area contributed by atoms with Crippen LogP contribution in [0, 0.1) is 0 Å². The van der Waals surface area contributed by atoms with Crippen molar-refractivity contribution in [2.24, 2.45) is 0 Å². The van der Waals surface area contributed by atoms with Crippen molar-refractivity contribution in [3.05, 3.63) is 188 Å². The third kappa shape index (κ3) is 4.97. The van der Waals surface area contributed by atoms with Crippen LogP contribution in [0.25, 0.3) is 22.3 Å². The van der Waals surface area contributed by atoms with E-state index in [1.54, 1.807) is 10.4 Å². The van der Waals surface area contributed by atoms with Crippen molar-refractivity contribution in [3.8, 4) is 22.3 Å². The van der Waals surface area contributed by atoms with Crippen molar-refractivity contribution >= 4 is 87.0 Å². The SMILES string of the molecule is CC12CCCCC1(C)N(c1cc3c4c(c1)N(c1ccc(-c5ccccc5)cc1)c1cccc5c1B4c1c(cccc1[Si]5(C)C)N3c1ccccc1)c1ccc(-c3ccccc3)cc12. The number of fused-ring (bicyclic) bond motifs is 3. The highest BCUT2D eigenvalue weighted by Crippen LogP contribution is 2.62. The lowest BCUT2D eigenvalue weighted by Crippen LogP contribution is -2.79. The average molecular weight is 828 g/mol. The molecular formula is C58H50BN3Si. The van der Waals surface area contributed by atoms with Crippen LogP contribution in [-0.2, 0) is 5.41 Å². The Morgan fingerprint density at radius 2 is 0.937 bits per heavy atom. The van der Waals surface area contributed by atoms with Crippen LogP contribution < -0.4 is 41.5 Å². The average Bonchev–Trinajstić information content (AvgIpc) is 3.54.